The van der Waals surface area contributed by atoms with Crippen molar-refractivity contribution in [3.63, 3.8) is 0 Å². The first-order valence-electron chi connectivity index (χ1n) is 11.0. The molecular formula is C24H23ClN4O5. The molecule has 2 fully saturated rings. The van der Waals surface area contributed by atoms with Crippen molar-refractivity contribution < 1.29 is 23.5 Å². The van der Waals surface area contributed by atoms with Crippen molar-refractivity contribution >= 4 is 23.6 Å². The first kappa shape index (κ1) is 22.2. The van der Waals surface area contributed by atoms with E-state index in [0.717, 1.165) is 5.56 Å². The summed E-state index contributed by atoms with van der Waals surface area (Å²) in [5.74, 6) is 1.17. The number of pyridine rings is 1. The predicted octanol–water partition coefficient (Wildman–Crippen LogP) is 3.99. The van der Waals surface area contributed by atoms with Gasteiger partial charge in [-0.05, 0) is 17.7 Å². The smallest absolute Gasteiger partial charge is 0.410 e. The van der Waals surface area contributed by atoms with Crippen LogP contribution in [0, 0.1) is 6.92 Å². The number of aryl methyl sites for hydroxylation is 1. The van der Waals surface area contributed by atoms with E-state index >= 15 is 0 Å². The van der Waals surface area contributed by atoms with Gasteiger partial charge in [-0.15, -0.1) is 0 Å². The van der Waals surface area contributed by atoms with Gasteiger partial charge in [0.1, 0.15) is 24.2 Å². The molecule has 5 rings (SSSR count). The monoisotopic (exact) mass is 482 g/mol. The summed E-state index contributed by atoms with van der Waals surface area (Å²) in [5.41, 5.74) is 1.75. The molecule has 176 valence electrons. The Balaban J connectivity index is 1.35. The summed E-state index contributed by atoms with van der Waals surface area (Å²) in [7, 11) is 0. The van der Waals surface area contributed by atoms with Crippen LogP contribution in [0.4, 0.5) is 4.79 Å². The molecule has 0 unspecified atom stereocenters. The first-order chi connectivity index (χ1) is 16.5. The fourth-order valence-electron chi connectivity index (χ4n) is 4.15. The van der Waals surface area contributed by atoms with Crippen molar-refractivity contribution in [2.24, 2.45) is 0 Å². The minimum atomic E-state index is -0.329. The number of cyclic esters (lactones) is 1. The lowest BCUT2D eigenvalue weighted by Crippen LogP contribution is -2.44. The number of fused-ring (bicyclic) bond motifs is 1. The Morgan fingerprint density at radius 3 is 2.85 bits per heavy atom. The number of piperidine rings is 1. The van der Waals surface area contributed by atoms with Gasteiger partial charge in [0.15, 0.2) is 11.7 Å². The van der Waals surface area contributed by atoms with Gasteiger partial charge in [-0.1, -0.05) is 23.7 Å². The molecule has 2 aromatic heterocycles. The van der Waals surface area contributed by atoms with Crippen molar-refractivity contribution in [2.45, 2.75) is 38.5 Å². The lowest BCUT2D eigenvalue weighted by molar-refractivity contribution is 0.0914. The Morgan fingerprint density at radius 1 is 1.26 bits per heavy atom. The summed E-state index contributed by atoms with van der Waals surface area (Å²) < 4.78 is 17.2. The molecule has 0 spiro atoms. The third-order valence-electron chi connectivity index (χ3n) is 5.95. The van der Waals surface area contributed by atoms with Crippen molar-refractivity contribution in [1.82, 2.24) is 20.2 Å². The third kappa shape index (κ3) is 4.70. The van der Waals surface area contributed by atoms with Gasteiger partial charge in [0.25, 0.3) is 5.91 Å². The fourth-order valence-corrected chi connectivity index (χ4v) is 4.28. The Morgan fingerprint density at radius 2 is 2.09 bits per heavy atom. The molecule has 4 heterocycles. The van der Waals surface area contributed by atoms with E-state index in [1.54, 1.807) is 42.4 Å². The van der Waals surface area contributed by atoms with Crippen LogP contribution in [0.5, 0.6) is 5.75 Å². The highest BCUT2D eigenvalue weighted by atomic mass is 35.5. The zero-order chi connectivity index (χ0) is 23.7. The lowest BCUT2D eigenvalue weighted by atomic mass is 10.0. The maximum absolute atomic E-state index is 12.8. The van der Waals surface area contributed by atoms with Crippen LogP contribution < -0.4 is 10.1 Å². The standard InChI is InChI=1S/C24H23ClN4O5/c1-14-26-12-22(33-14)19-11-27-20(23(30)28-10-15-2-4-16(25)5-3-15)9-21(19)34-18-6-7-29-17(8-18)13-32-24(29)31/h2-5,9,11-12,17-18H,6-8,10,13H2,1H3,(H,28,30)/t17-,18-/m0/s1. The van der Waals surface area contributed by atoms with Gasteiger partial charge in [0, 0.05) is 50.1 Å². The summed E-state index contributed by atoms with van der Waals surface area (Å²) in [6.07, 6.45) is 4.04. The first-order valence-corrected chi connectivity index (χ1v) is 11.4. The average molecular weight is 483 g/mol. The number of rotatable bonds is 6. The largest absolute Gasteiger partial charge is 0.489 e. The normalized spacial score (nSPS) is 19.5. The van der Waals surface area contributed by atoms with Crippen molar-refractivity contribution in [1.29, 1.82) is 0 Å². The van der Waals surface area contributed by atoms with E-state index in [1.165, 1.54) is 0 Å². The zero-order valence-electron chi connectivity index (χ0n) is 18.5. The molecule has 0 saturated carbocycles. The van der Waals surface area contributed by atoms with E-state index in [4.69, 9.17) is 25.5 Å². The molecule has 0 bridgehead atoms. The molecule has 9 nitrogen and oxygen atoms in total. The molecule has 1 aromatic carbocycles. The van der Waals surface area contributed by atoms with Crippen molar-refractivity contribution in [3.05, 3.63) is 64.9 Å². The van der Waals surface area contributed by atoms with Gasteiger partial charge in [-0.3, -0.25) is 9.78 Å². The molecule has 1 N–H and O–H groups in total. The summed E-state index contributed by atoms with van der Waals surface area (Å²) in [5, 5.41) is 3.50. The van der Waals surface area contributed by atoms with Gasteiger partial charge < -0.3 is 24.1 Å². The number of oxazole rings is 1. The second-order valence-electron chi connectivity index (χ2n) is 8.31. The average Bonchev–Trinajstić information content (AvgIpc) is 3.43. The molecule has 0 aliphatic carbocycles. The minimum Gasteiger partial charge on any atom is -0.489 e. The Labute approximate surface area is 201 Å². The van der Waals surface area contributed by atoms with Gasteiger partial charge in [0.2, 0.25) is 0 Å². The van der Waals surface area contributed by atoms with E-state index < -0.39 is 0 Å². The molecule has 34 heavy (non-hydrogen) atoms. The number of aromatic nitrogens is 2. The number of benzene rings is 1. The van der Waals surface area contributed by atoms with Gasteiger partial charge in [-0.25, -0.2) is 9.78 Å². The predicted molar refractivity (Wildman–Crippen MR) is 123 cm³/mol. The summed E-state index contributed by atoms with van der Waals surface area (Å²) in [6, 6.07) is 8.86. The molecule has 2 atom stereocenters. The number of nitrogens with one attached hydrogen (secondary N) is 1. The Bertz CT molecular complexity index is 1210. The Kier molecular flexibility index (Phi) is 6.10. The number of halogens is 1. The summed E-state index contributed by atoms with van der Waals surface area (Å²) in [4.78, 5) is 34.8. The molecule has 10 heteroatoms. The number of ether oxygens (including phenoxy) is 2. The van der Waals surface area contributed by atoms with Crippen LogP contribution in [0.1, 0.15) is 34.8 Å². The van der Waals surface area contributed by atoms with Gasteiger partial charge in [0.05, 0.1) is 17.8 Å². The van der Waals surface area contributed by atoms with Gasteiger partial charge >= 0.3 is 6.09 Å². The number of carbonyl (C=O) groups is 2. The molecule has 2 aliphatic heterocycles. The molecule has 2 aliphatic rings. The molecule has 3 aromatic rings. The summed E-state index contributed by atoms with van der Waals surface area (Å²) in [6.45, 7) is 3.01. The van der Waals surface area contributed by atoms with E-state index in [9.17, 15) is 9.59 Å². The number of carbonyl (C=O) groups excluding carboxylic acids is 2. The van der Waals surface area contributed by atoms with E-state index in [-0.39, 0.29) is 29.8 Å². The number of amides is 2. The lowest BCUT2D eigenvalue weighted by Gasteiger charge is -2.32. The van der Waals surface area contributed by atoms with Crippen LogP contribution in [0.25, 0.3) is 11.3 Å². The minimum absolute atomic E-state index is 0.00814. The summed E-state index contributed by atoms with van der Waals surface area (Å²) >= 11 is 5.92. The second-order valence-corrected chi connectivity index (χ2v) is 8.74. The molecule has 0 radical (unpaired) electrons. The fraction of sp³-hybridized carbons (Fsp3) is 0.333. The van der Waals surface area contributed by atoms with E-state index in [2.05, 4.69) is 15.3 Å². The van der Waals surface area contributed by atoms with E-state index in [1.807, 2.05) is 12.1 Å². The number of hydrogen-bond donors (Lipinski definition) is 1. The van der Waals surface area contributed by atoms with E-state index in [0.29, 0.717) is 60.5 Å². The third-order valence-corrected chi connectivity index (χ3v) is 6.20. The maximum Gasteiger partial charge on any atom is 0.410 e. The van der Waals surface area contributed by atoms with Crippen LogP contribution in [-0.4, -0.2) is 52.2 Å². The van der Waals surface area contributed by atoms with Crippen LogP contribution in [0.3, 0.4) is 0 Å². The molecular weight excluding hydrogens is 460 g/mol. The van der Waals surface area contributed by atoms with Crippen LogP contribution in [-0.2, 0) is 11.3 Å². The van der Waals surface area contributed by atoms with Crippen LogP contribution in [0.15, 0.2) is 47.1 Å². The van der Waals surface area contributed by atoms with Crippen molar-refractivity contribution in [3.8, 4) is 17.1 Å². The van der Waals surface area contributed by atoms with Crippen molar-refractivity contribution in [2.75, 3.05) is 13.2 Å². The highest BCUT2D eigenvalue weighted by molar-refractivity contribution is 6.30. The van der Waals surface area contributed by atoms with Crippen LogP contribution in [0.2, 0.25) is 5.02 Å². The second kappa shape index (κ2) is 9.34. The Hall–Kier alpha value is -3.59. The highest BCUT2D eigenvalue weighted by Crippen LogP contribution is 2.34. The zero-order valence-corrected chi connectivity index (χ0v) is 19.2. The molecule has 2 saturated heterocycles. The van der Waals surface area contributed by atoms with Gasteiger partial charge in [-0.2, -0.15) is 0 Å². The topological polar surface area (TPSA) is 107 Å². The van der Waals surface area contributed by atoms with Crippen LogP contribution >= 0.6 is 11.6 Å². The number of hydrogen-bond acceptors (Lipinski definition) is 7. The maximum atomic E-state index is 12.8. The molecule has 2 amide bonds. The highest BCUT2D eigenvalue weighted by Gasteiger charge is 2.39. The number of nitrogens with zero attached hydrogens (tertiary/aromatic N) is 3. The quantitative estimate of drug-likeness (QED) is 0.566. The SMILES string of the molecule is Cc1ncc(-c2cnc(C(=O)NCc3ccc(Cl)cc3)cc2O[C@H]2CCN3C(=O)OC[C@@H]3C2)o1.